The molecule has 1 fully saturated rings. The van der Waals surface area contributed by atoms with Gasteiger partial charge in [0.2, 0.25) is 16.8 Å². The Kier molecular flexibility index (Phi) is 6.09. The number of ether oxygens (including phenoxy) is 3. The first-order valence-electron chi connectivity index (χ1n) is 11.1. The van der Waals surface area contributed by atoms with Gasteiger partial charge in [-0.15, -0.1) is 0 Å². The number of benzene rings is 2. The fourth-order valence-electron chi connectivity index (χ4n) is 4.30. The van der Waals surface area contributed by atoms with E-state index in [-0.39, 0.29) is 24.1 Å². The Morgan fingerprint density at radius 2 is 1.94 bits per heavy atom. The van der Waals surface area contributed by atoms with Crippen LogP contribution in [0.4, 0.5) is 0 Å². The van der Waals surface area contributed by atoms with Crippen molar-refractivity contribution in [2.45, 2.75) is 31.2 Å². The molecule has 1 saturated heterocycles. The molecule has 2 aromatic carbocycles. The molecule has 0 spiro atoms. The second-order valence-corrected chi connectivity index (χ2v) is 11.1. The van der Waals surface area contributed by atoms with Gasteiger partial charge in [0, 0.05) is 31.8 Å². The first kappa shape index (κ1) is 22.9. The lowest BCUT2D eigenvalue weighted by atomic mass is 9.99. The number of aryl methyl sites for hydroxylation is 1. The predicted molar refractivity (Wildman–Crippen MR) is 127 cm³/mol. The van der Waals surface area contributed by atoms with Crippen LogP contribution in [0.2, 0.25) is 0 Å². The zero-order valence-electron chi connectivity index (χ0n) is 18.9. The van der Waals surface area contributed by atoms with Gasteiger partial charge in [-0.1, -0.05) is 11.3 Å². The fourth-order valence-corrected chi connectivity index (χ4v) is 6.93. The molecule has 0 N–H and O–H groups in total. The molecule has 5 rings (SSSR count). The number of thiazole rings is 1. The van der Waals surface area contributed by atoms with Crippen molar-refractivity contribution in [2.24, 2.45) is 10.9 Å². The maximum atomic E-state index is 13.1. The number of hydrogen-bond acceptors (Lipinski definition) is 7. The van der Waals surface area contributed by atoms with Gasteiger partial charge >= 0.3 is 0 Å². The largest absolute Gasteiger partial charge is 0.497 e. The number of methoxy groups -OCH3 is 1. The lowest BCUT2D eigenvalue weighted by Gasteiger charge is -2.30. The standard InChI is InChI=1S/C23H25N3O6S2/c1-3-26-18-11-19-20(32-14-31-19)12-21(18)33-23(26)24-22(27)15-5-4-10-25(13-15)34(28,29)17-8-6-16(30-2)7-9-17/h6-9,11-12,15H,3-5,10,13-14H2,1-2H3. The van der Waals surface area contributed by atoms with Gasteiger partial charge in [-0.25, -0.2) is 8.42 Å². The van der Waals surface area contributed by atoms with E-state index in [4.69, 9.17) is 14.2 Å². The lowest BCUT2D eigenvalue weighted by molar-refractivity contribution is -0.122. The SMILES string of the molecule is CCn1c(=NC(=O)C2CCCN(S(=O)(=O)c3ccc(OC)cc3)C2)sc2cc3c(cc21)OCO3. The molecular weight excluding hydrogens is 478 g/mol. The molecule has 2 aliphatic heterocycles. The lowest BCUT2D eigenvalue weighted by Crippen LogP contribution is -2.42. The molecule has 180 valence electrons. The third kappa shape index (κ3) is 4.08. The third-order valence-corrected chi connectivity index (χ3v) is 9.05. The van der Waals surface area contributed by atoms with Gasteiger partial charge < -0.3 is 18.8 Å². The minimum atomic E-state index is -3.71. The molecule has 1 unspecified atom stereocenters. The van der Waals surface area contributed by atoms with Crippen LogP contribution in [0, 0.1) is 5.92 Å². The summed E-state index contributed by atoms with van der Waals surface area (Å²) < 4.78 is 46.7. The monoisotopic (exact) mass is 503 g/mol. The van der Waals surface area contributed by atoms with Crippen molar-refractivity contribution in [3.05, 3.63) is 41.2 Å². The van der Waals surface area contributed by atoms with Crippen LogP contribution in [0.1, 0.15) is 19.8 Å². The Labute approximate surface area is 201 Å². The van der Waals surface area contributed by atoms with Crippen LogP contribution in [0.15, 0.2) is 46.3 Å². The second kappa shape index (κ2) is 9.05. The summed E-state index contributed by atoms with van der Waals surface area (Å²) in [6, 6.07) is 10.1. The minimum Gasteiger partial charge on any atom is -0.497 e. The zero-order chi connectivity index (χ0) is 23.9. The molecule has 1 amide bonds. The zero-order valence-corrected chi connectivity index (χ0v) is 20.5. The van der Waals surface area contributed by atoms with Gasteiger partial charge in [0.25, 0.3) is 5.91 Å². The van der Waals surface area contributed by atoms with Crippen molar-refractivity contribution in [2.75, 3.05) is 27.0 Å². The Hall–Kier alpha value is -2.89. The van der Waals surface area contributed by atoms with Crippen LogP contribution in [-0.2, 0) is 21.4 Å². The van der Waals surface area contributed by atoms with E-state index in [0.29, 0.717) is 48.0 Å². The number of sulfonamides is 1. The van der Waals surface area contributed by atoms with Gasteiger partial charge in [0.15, 0.2) is 16.3 Å². The fraction of sp³-hybridized carbons (Fsp3) is 0.391. The van der Waals surface area contributed by atoms with E-state index in [1.165, 1.54) is 34.9 Å². The summed E-state index contributed by atoms with van der Waals surface area (Å²) in [5, 5.41) is 0. The molecule has 0 saturated carbocycles. The van der Waals surface area contributed by atoms with Gasteiger partial charge in [-0.2, -0.15) is 9.30 Å². The van der Waals surface area contributed by atoms with Gasteiger partial charge in [0.05, 0.1) is 28.1 Å². The first-order valence-corrected chi connectivity index (χ1v) is 13.3. The van der Waals surface area contributed by atoms with Crippen molar-refractivity contribution in [1.82, 2.24) is 8.87 Å². The van der Waals surface area contributed by atoms with Crippen LogP contribution >= 0.6 is 11.3 Å². The molecule has 3 heterocycles. The maximum absolute atomic E-state index is 13.1. The van der Waals surface area contributed by atoms with E-state index in [1.54, 1.807) is 12.1 Å². The van der Waals surface area contributed by atoms with E-state index in [1.807, 2.05) is 23.6 Å². The van der Waals surface area contributed by atoms with Crippen molar-refractivity contribution < 1.29 is 27.4 Å². The molecule has 9 nitrogen and oxygen atoms in total. The highest BCUT2D eigenvalue weighted by Gasteiger charge is 2.33. The van der Waals surface area contributed by atoms with E-state index >= 15 is 0 Å². The average molecular weight is 504 g/mol. The number of hydrogen-bond donors (Lipinski definition) is 0. The topological polar surface area (TPSA) is 99.4 Å². The Morgan fingerprint density at radius 1 is 1.21 bits per heavy atom. The number of nitrogens with zero attached hydrogens (tertiary/aromatic N) is 3. The van der Waals surface area contributed by atoms with Crippen LogP contribution in [0.25, 0.3) is 10.2 Å². The number of carbonyl (C=O) groups is 1. The van der Waals surface area contributed by atoms with E-state index < -0.39 is 15.9 Å². The van der Waals surface area contributed by atoms with Crippen molar-refractivity contribution in [3.8, 4) is 17.2 Å². The smallest absolute Gasteiger partial charge is 0.252 e. The van der Waals surface area contributed by atoms with Gasteiger partial charge in [-0.05, 0) is 44.0 Å². The van der Waals surface area contributed by atoms with E-state index in [9.17, 15) is 13.2 Å². The highest BCUT2D eigenvalue weighted by atomic mass is 32.2. The molecule has 1 aromatic heterocycles. The maximum Gasteiger partial charge on any atom is 0.252 e. The second-order valence-electron chi connectivity index (χ2n) is 8.13. The van der Waals surface area contributed by atoms with Crippen LogP contribution in [0.5, 0.6) is 17.2 Å². The summed E-state index contributed by atoms with van der Waals surface area (Å²) in [5.74, 6) is 1.15. The van der Waals surface area contributed by atoms with Crippen molar-refractivity contribution >= 4 is 37.5 Å². The molecule has 0 radical (unpaired) electrons. The highest BCUT2D eigenvalue weighted by molar-refractivity contribution is 7.89. The summed E-state index contributed by atoms with van der Waals surface area (Å²) in [5.41, 5.74) is 0.927. The Balaban J connectivity index is 1.41. The molecule has 11 heteroatoms. The molecule has 1 atom stereocenters. The van der Waals surface area contributed by atoms with E-state index in [0.717, 1.165) is 10.2 Å². The van der Waals surface area contributed by atoms with E-state index in [2.05, 4.69) is 4.99 Å². The van der Waals surface area contributed by atoms with Gasteiger partial charge in [-0.3, -0.25) is 4.79 Å². The van der Waals surface area contributed by atoms with Gasteiger partial charge in [0.1, 0.15) is 5.75 Å². The number of fused-ring (bicyclic) bond motifs is 2. The Bertz CT molecular complexity index is 1410. The van der Waals surface area contributed by atoms with Crippen LogP contribution < -0.4 is 19.0 Å². The summed E-state index contributed by atoms with van der Waals surface area (Å²) in [4.78, 5) is 18.3. The van der Waals surface area contributed by atoms with Crippen molar-refractivity contribution in [3.63, 3.8) is 0 Å². The summed E-state index contributed by atoms with van der Waals surface area (Å²) in [6.45, 7) is 3.32. The summed E-state index contributed by atoms with van der Waals surface area (Å²) in [7, 11) is -2.18. The highest BCUT2D eigenvalue weighted by Crippen LogP contribution is 2.37. The molecule has 0 aliphatic carbocycles. The first-order chi connectivity index (χ1) is 16.4. The summed E-state index contributed by atoms with van der Waals surface area (Å²) >= 11 is 1.41. The quantitative estimate of drug-likeness (QED) is 0.531. The summed E-state index contributed by atoms with van der Waals surface area (Å²) in [6.07, 6.45) is 1.20. The van der Waals surface area contributed by atoms with Crippen LogP contribution in [-0.4, -0.2) is 50.2 Å². The average Bonchev–Trinajstić information content (AvgIpc) is 3.45. The number of carbonyl (C=O) groups excluding carboxylic acids is 1. The molecular formula is C23H25N3O6S2. The normalized spacial score (nSPS) is 19.0. The molecule has 0 bridgehead atoms. The third-order valence-electron chi connectivity index (χ3n) is 6.13. The molecule has 3 aromatic rings. The number of piperidine rings is 1. The Morgan fingerprint density at radius 3 is 2.65 bits per heavy atom. The number of rotatable bonds is 5. The van der Waals surface area contributed by atoms with Crippen LogP contribution in [0.3, 0.4) is 0 Å². The molecule has 2 aliphatic rings. The number of aromatic nitrogens is 1. The molecule has 34 heavy (non-hydrogen) atoms. The number of amides is 1. The predicted octanol–water partition coefficient (Wildman–Crippen LogP) is 2.99. The minimum absolute atomic E-state index is 0.115. The van der Waals surface area contributed by atoms with Crippen molar-refractivity contribution in [1.29, 1.82) is 0 Å².